The molecule has 1 unspecified atom stereocenters. The van der Waals surface area contributed by atoms with Crippen LogP contribution < -0.4 is 5.73 Å². The van der Waals surface area contributed by atoms with Crippen LogP contribution in [0.1, 0.15) is 39.5 Å². The summed E-state index contributed by atoms with van der Waals surface area (Å²) < 4.78 is 5.30. The lowest BCUT2D eigenvalue weighted by atomic mass is 10.1. The first-order valence-electron chi connectivity index (χ1n) is 5.65. The van der Waals surface area contributed by atoms with Crippen LogP contribution in [0, 0.1) is 5.92 Å². The summed E-state index contributed by atoms with van der Waals surface area (Å²) in [6.07, 6.45) is 5.05. The summed E-state index contributed by atoms with van der Waals surface area (Å²) in [7, 11) is 0. The molecule has 1 aliphatic rings. The molecule has 3 heteroatoms. The van der Waals surface area contributed by atoms with Gasteiger partial charge in [0.2, 0.25) is 0 Å². The highest BCUT2D eigenvalue weighted by Gasteiger charge is 2.18. The second-order valence-corrected chi connectivity index (χ2v) is 4.04. The van der Waals surface area contributed by atoms with Gasteiger partial charge >= 0.3 is 0 Å². The maximum atomic E-state index is 5.95. The quantitative estimate of drug-likeness (QED) is 0.542. The minimum Gasteiger partial charge on any atom is -0.387 e. The average molecular weight is 198 g/mol. The number of amidine groups is 1. The van der Waals surface area contributed by atoms with Gasteiger partial charge in [-0.05, 0) is 26.7 Å². The van der Waals surface area contributed by atoms with Crippen LogP contribution in [-0.2, 0) is 4.74 Å². The van der Waals surface area contributed by atoms with E-state index in [1.54, 1.807) is 0 Å². The maximum Gasteiger partial charge on any atom is 0.0972 e. The molecule has 0 heterocycles. The molecule has 2 N–H and O–H groups in total. The summed E-state index contributed by atoms with van der Waals surface area (Å²) in [4.78, 5) is 4.47. The third-order valence-electron chi connectivity index (χ3n) is 2.71. The minimum atomic E-state index is 0.204. The van der Waals surface area contributed by atoms with Crippen LogP contribution in [0.15, 0.2) is 4.99 Å². The fourth-order valence-corrected chi connectivity index (χ4v) is 1.91. The van der Waals surface area contributed by atoms with Crippen LogP contribution in [-0.4, -0.2) is 25.1 Å². The largest absolute Gasteiger partial charge is 0.387 e. The lowest BCUT2D eigenvalue weighted by Gasteiger charge is -2.12. The molecule has 0 aromatic rings. The third kappa shape index (κ3) is 3.66. The van der Waals surface area contributed by atoms with E-state index in [9.17, 15) is 0 Å². The third-order valence-corrected chi connectivity index (χ3v) is 2.71. The summed E-state index contributed by atoms with van der Waals surface area (Å²) in [5, 5.41) is 0. The Hall–Kier alpha value is -0.570. The standard InChI is InChI=1S/C11H22N2O/c1-3-14-8-9(2)13-11(12)10-6-4-5-7-10/h9-10H,3-8H2,1-2H3,(H2,12,13). The van der Waals surface area contributed by atoms with Gasteiger partial charge in [0.25, 0.3) is 0 Å². The predicted octanol–water partition coefficient (Wildman–Crippen LogP) is 1.96. The van der Waals surface area contributed by atoms with Gasteiger partial charge in [-0.2, -0.15) is 0 Å². The molecule has 0 bridgehead atoms. The fraction of sp³-hybridized carbons (Fsp3) is 0.909. The van der Waals surface area contributed by atoms with Crippen LogP contribution in [0.25, 0.3) is 0 Å². The molecular weight excluding hydrogens is 176 g/mol. The van der Waals surface area contributed by atoms with E-state index < -0.39 is 0 Å². The normalized spacial score (nSPS) is 21.4. The Kier molecular flexibility index (Phi) is 4.94. The number of aliphatic imine (C=N–C) groups is 1. The smallest absolute Gasteiger partial charge is 0.0972 e. The Balaban J connectivity index is 2.33. The van der Waals surface area contributed by atoms with Gasteiger partial charge in [0.05, 0.1) is 18.5 Å². The van der Waals surface area contributed by atoms with E-state index >= 15 is 0 Å². The van der Waals surface area contributed by atoms with Gasteiger partial charge < -0.3 is 10.5 Å². The zero-order chi connectivity index (χ0) is 10.4. The Morgan fingerprint density at radius 3 is 2.71 bits per heavy atom. The number of hydrogen-bond acceptors (Lipinski definition) is 2. The van der Waals surface area contributed by atoms with Gasteiger partial charge in [0, 0.05) is 12.5 Å². The summed E-state index contributed by atoms with van der Waals surface area (Å²) in [5.41, 5.74) is 5.95. The van der Waals surface area contributed by atoms with E-state index in [0.717, 1.165) is 12.4 Å². The molecule has 1 saturated carbocycles. The fourth-order valence-electron chi connectivity index (χ4n) is 1.91. The molecule has 0 amide bonds. The average Bonchev–Trinajstić information content (AvgIpc) is 2.67. The lowest BCUT2D eigenvalue weighted by Crippen LogP contribution is -2.24. The molecule has 0 aliphatic heterocycles. The molecule has 3 nitrogen and oxygen atoms in total. The first-order valence-corrected chi connectivity index (χ1v) is 5.65. The Labute approximate surface area is 86.7 Å². The van der Waals surface area contributed by atoms with Gasteiger partial charge in [-0.15, -0.1) is 0 Å². The van der Waals surface area contributed by atoms with E-state index in [1.807, 2.05) is 6.92 Å². The molecular formula is C11H22N2O. The first-order chi connectivity index (χ1) is 6.74. The zero-order valence-electron chi connectivity index (χ0n) is 9.33. The molecule has 82 valence electrons. The highest BCUT2D eigenvalue weighted by molar-refractivity contribution is 5.83. The van der Waals surface area contributed by atoms with Crippen molar-refractivity contribution in [2.75, 3.05) is 13.2 Å². The van der Waals surface area contributed by atoms with Crippen molar-refractivity contribution in [3.05, 3.63) is 0 Å². The molecule has 14 heavy (non-hydrogen) atoms. The van der Waals surface area contributed by atoms with Crippen LogP contribution >= 0.6 is 0 Å². The number of nitrogens with two attached hydrogens (primary N) is 1. The molecule has 1 fully saturated rings. The van der Waals surface area contributed by atoms with E-state index in [-0.39, 0.29) is 6.04 Å². The second-order valence-electron chi connectivity index (χ2n) is 4.04. The monoisotopic (exact) mass is 198 g/mol. The van der Waals surface area contributed by atoms with Crippen molar-refractivity contribution in [3.8, 4) is 0 Å². The molecule has 0 saturated heterocycles. The van der Waals surface area contributed by atoms with Crippen molar-refractivity contribution in [3.63, 3.8) is 0 Å². The molecule has 0 aromatic heterocycles. The number of ether oxygens (including phenoxy) is 1. The highest BCUT2D eigenvalue weighted by Crippen LogP contribution is 2.24. The molecule has 1 rings (SSSR count). The zero-order valence-corrected chi connectivity index (χ0v) is 9.33. The Morgan fingerprint density at radius 1 is 1.50 bits per heavy atom. The van der Waals surface area contributed by atoms with Crippen molar-refractivity contribution in [1.82, 2.24) is 0 Å². The predicted molar refractivity (Wildman–Crippen MR) is 59.5 cm³/mol. The van der Waals surface area contributed by atoms with Crippen molar-refractivity contribution >= 4 is 5.84 Å². The number of hydrogen-bond donors (Lipinski definition) is 1. The van der Waals surface area contributed by atoms with Crippen LogP contribution in [0.4, 0.5) is 0 Å². The Bertz CT molecular complexity index is 186. The van der Waals surface area contributed by atoms with E-state index in [0.29, 0.717) is 12.5 Å². The topological polar surface area (TPSA) is 47.6 Å². The van der Waals surface area contributed by atoms with Crippen LogP contribution in [0.5, 0.6) is 0 Å². The van der Waals surface area contributed by atoms with Gasteiger partial charge in [-0.3, -0.25) is 4.99 Å². The maximum absolute atomic E-state index is 5.95. The number of nitrogens with zero attached hydrogens (tertiary/aromatic N) is 1. The molecule has 0 aromatic carbocycles. The van der Waals surface area contributed by atoms with Crippen LogP contribution in [0.3, 0.4) is 0 Å². The van der Waals surface area contributed by atoms with Gasteiger partial charge in [-0.25, -0.2) is 0 Å². The molecule has 1 atom stereocenters. The minimum absolute atomic E-state index is 0.204. The van der Waals surface area contributed by atoms with E-state index in [4.69, 9.17) is 10.5 Å². The number of rotatable bonds is 5. The summed E-state index contributed by atoms with van der Waals surface area (Å²) in [5.74, 6) is 1.38. The van der Waals surface area contributed by atoms with Crippen molar-refractivity contribution in [2.24, 2.45) is 16.6 Å². The first kappa shape index (κ1) is 11.5. The second kappa shape index (κ2) is 6.02. The van der Waals surface area contributed by atoms with Crippen molar-refractivity contribution in [2.45, 2.75) is 45.6 Å². The van der Waals surface area contributed by atoms with Gasteiger partial charge in [0.15, 0.2) is 0 Å². The van der Waals surface area contributed by atoms with E-state index in [2.05, 4.69) is 11.9 Å². The molecule has 0 spiro atoms. The molecule has 1 aliphatic carbocycles. The van der Waals surface area contributed by atoms with E-state index in [1.165, 1.54) is 25.7 Å². The van der Waals surface area contributed by atoms with Gasteiger partial charge in [-0.1, -0.05) is 12.8 Å². The summed E-state index contributed by atoms with van der Waals surface area (Å²) in [6.45, 7) is 5.49. The SMILES string of the molecule is CCOCC(C)N=C(N)C1CCCC1. The van der Waals surface area contributed by atoms with Crippen LogP contribution in [0.2, 0.25) is 0 Å². The van der Waals surface area contributed by atoms with Crippen molar-refractivity contribution < 1.29 is 4.74 Å². The summed E-state index contributed by atoms with van der Waals surface area (Å²) >= 11 is 0. The van der Waals surface area contributed by atoms with Gasteiger partial charge in [0.1, 0.15) is 0 Å². The Morgan fingerprint density at radius 2 is 2.14 bits per heavy atom. The molecule has 0 radical (unpaired) electrons. The lowest BCUT2D eigenvalue weighted by molar-refractivity contribution is 0.137. The van der Waals surface area contributed by atoms with Crippen molar-refractivity contribution in [1.29, 1.82) is 0 Å². The summed E-state index contributed by atoms with van der Waals surface area (Å²) in [6, 6.07) is 0.204. The highest BCUT2D eigenvalue weighted by atomic mass is 16.5.